The summed E-state index contributed by atoms with van der Waals surface area (Å²) in [5, 5.41) is 28.8. The van der Waals surface area contributed by atoms with Crippen LogP contribution >= 0.6 is 11.3 Å². The minimum atomic E-state index is -0.725. The van der Waals surface area contributed by atoms with Gasteiger partial charge in [-0.15, -0.1) is 10.2 Å². The molecule has 6 nitrogen and oxygen atoms in total. The van der Waals surface area contributed by atoms with E-state index in [-0.39, 0.29) is 17.9 Å². The number of aromatic nitrogens is 2. The van der Waals surface area contributed by atoms with Crippen LogP contribution in [0.4, 0.5) is 0 Å². The molecule has 7 heteroatoms. The van der Waals surface area contributed by atoms with Crippen molar-refractivity contribution in [2.45, 2.75) is 39.2 Å². The Balaban J connectivity index is 1.59. The summed E-state index contributed by atoms with van der Waals surface area (Å²) in [6.45, 7) is 5.85. The maximum Gasteiger partial charge on any atom is 0.307 e. The number of aryl methyl sites for hydroxylation is 1. The van der Waals surface area contributed by atoms with Crippen molar-refractivity contribution in [2.75, 3.05) is 0 Å². The smallest absolute Gasteiger partial charge is 0.307 e. The summed E-state index contributed by atoms with van der Waals surface area (Å²) >= 11 is 1.46. The highest BCUT2D eigenvalue weighted by atomic mass is 32.1. The number of ether oxygens (including phenoxy) is 1. The van der Waals surface area contributed by atoms with E-state index in [9.17, 15) is 10.1 Å². The summed E-state index contributed by atoms with van der Waals surface area (Å²) in [6.07, 6.45) is 0.692. The van der Waals surface area contributed by atoms with Crippen molar-refractivity contribution in [3.05, 3.63) is 53.1 Å². The van der Waals surface area contributed by atoms with E-state index in [1.807, 2.05) is 39.0 Å². The quantitative estimate of drug-likeness (QED) is 0.602. The molecule has 2 atom stereocenters. The molecule has 1 aliphatic carbocycles. The summed E-state index contributed by atoms with van der Waals surface area (Å²) in [5.74, 6) is -0.319. The van der Waals surface area contributed by atoms with E-state index in [4.69, 9.17) is 9.84 Å². The van der Waals surface area contributed by atoms with Gasteiger partial charge < -0.3 is 9.84 Å². The zero-order valence-corrected chi connectivity index (χ0v) is 17.7. The molecule has 0 bridgehead atoms. The number of nitrogens with zero attached hydrogens (tertiary/aromatic N) is 3. The van der Waals surface area contributed by atoms with Gasteiger partial charge in [0.15, 0.2) is 0 Å². The molecular weight excluding hydrogens is 398 g/mol. The molecule has 0 radical (unpaired) electrons. The van der Waals surface area contributed by atoms with Gasteiger partial charge in [0.1, 0.15) is 21.8 Å². The van der Waals surface area contributed by atoms with Gasteiger partial charge in [0.25, 0.3) is 0 Å². The Morgan fingerprint density at radius 3 is 2.63 bits per heavy atom. The molecule has 0 aliphatic heterocycles. The Hall–Kier alpha value is -3.24. The minimum absolute atomic E-state index is 0.0107. The summed E-state index contributed by atoms with van der Waals surface area (Å²) in [6, 6.07) is 13.7. The molecule has 1 saturated carbocycles. The van der Waals surface area contributed by atoms with Crippen LogP contribution in [-0.2, 0) is 4.79 Å². The molecule has 30 heavy (non-hydrogen) atoms. The lowest BCUT2D eigenvalue weighted by Gasteiger charge is -2.11. The summed E-state index contributed by atoms with van der Waals surface area (Å²) in [7, 11) is 0. The number of carboxylic acids is 1. The van der Waals surface area contributed by atoms with E-state index >= 15 is 0 Å². The second kappa shape index (κ2) is 7.88. The van der Waals surface area contributed by atoms with Gasteiger partial charge in [-0.05, 0) is 62.4 Å². The van der Waals surface area contributed by atoms with Crippen LogP contribution < -0.4 is 4.74 Å². The van der Waals surface area contributed by atoms with Crippen molar-refractivity contribution in [3.8, 4) is 33.0 Å². The number of hydrogen-bond acceptors (Lipinski definition) is 6. The van der Waals surface area contributed by atoms with Crippen molar-refractivity contribution < 1.29 is 14.6 Å². The lowest BCUT2D eigenvalue weighted by molar-refractivity contribution is -0.138. The number of benzene rings is 2. The van der Waals surface area contributed by atoms with Crippen molar-refractivity contribution in [1.29, 1.82) is 5.26 Å². The van der Waals surface area contributed by atoms with E-state index in [2.05, 4.69) is 22.3 Å². The maximum atomic E-state index is 11.1. The molecule has 0 spiro atoms. The molecule has 1 N–H and O–H groups in total. The fourth-order valence-corrected chi connectivity index (χ4v) is 4.48. The number of carbonyl (C=O) groups is 1. The lowest BCUT2D eigenvalue weighted by Crippen LogP contribution is -2.06. The number of hydrogen-bond donors (Lipinski definition) is 1. The average Bonchev–Trinajstić information content (AvgIpc) is 3.38. The van der Waals surface area contributed by atoms with Gasteiger partial charge in [-0.1, -0.05) is 29.5 Å². The molecule has 2 unspecified atom stereocenters. The molecular formula is C23H21N3O3S. The molecule has 3 aromatic rings. The third kappa shape index (κ3) is 3.91. The Kier molecular flexibility index (Phi) is 5.27. The van der Waals surface area contributed by atoms with Crippen LogP contribution in [0.15, 0.2) is 36.4 Å². The van der Waals surface area contributed by atoms with Crippen LogP contribution in [0, 0.1) is 24.2 Å². The molecule has 1 aromatic heterocycles. The first-order chi connectivity index (χ1) is 14.4. The first kappa shape index (κ1) is 20.0. The zero-order chi connectivity index (χ0) is 21.4. The van der Waals surface area contributed by atoms with Gasteiger partial charge in [-0.3, -0.25) is 4.79 Å². The SMILES string of the molecule is Cc1cc(C2CC2C(=O)O)ccc1-c1nnc(-c2ccc(OC(C)C)c(C#N)c2)s1. The van der Waals surface area contributed by atoms with Crippen LogP contribution in [-0.4, -0.2) is 27.4 Å². The van der Waals surface area contributed by atoms with Gasteiger partial charge >= 0.3 is 5.97 Å². The highest BCUT2D eigenvalue weighted by Gasteiger charge is 2.44. The Labute approximate surface area is 178 Å². The predicted octanol–water partition coefficient (Wildman–Crippen LogP) is 5.03. The first-order valence-corrected chi connectivity index (χ1v) is 10.6. The highest BCUT2D eigenvalue weighted by Crippen LogP contribution is 2.48. The molecule has 1 fully saturated rings. The third-order valence-corrected chi connectivity index (χ3v) is 6.16. The van der Waals surface area contributed by atoms with Gasteiger partial charge in [0.2, 0.25) is 0 Å². The van der Waals surface area contributed by atoms with Gasteiger partial charge in [-0.2, -0.15) is 5.26 Å². The molecule has 1 aliphatic rings. The van der Waals surface area contributed by atoms with Gasteiger partial charge in [-0.25, -0.2) is 0 Å². The minimum Gasteiger partial charge on any atom is -0.490 e. The lowest BCUT2D eigenvalue weighted by atomic mass is 10.0. The molecule has 0 amide bonds. The van der Waals surface area contributed by atoms with E-state index in [1.54, 1.807) is 12.1 Å². The number of carboxylic acid groups (broad SMARTS) is 1. The van der Waals surface area contributed by atoms with E-state index < -0.39 is 5.97 Å². The summed E-state index contributed by atoms with van der Waals surface area (Å²) in [4.78, 5) is 11.1. The normalized spacial score (nSPS) is 17.6. The largest absolute Gasteiger partial charge is 0.490 e. The monoisotopic (exact) mass is 419 g/mol. The number of nitriles is 1. The third-order valence-electron chi connectivity index (χ3n) is 5.15. The number of rotatable bonds is 6. The zero-order valence-electron chi connectivity index (χ0n) is 16.9. The van der Waals surface area contributed by atoms with Crippen LogP contribution in [0.25, 0.3) is 21.1 Å². The standard InChI is InChI=1S/C23H21N3O3S/c1-12(2)29-20-7-5-15(9-16(20)11-24)21-25-26-22(30-21)17-6-4-14(8-13(17)3)18-10-19(18)23(27)28/h4-9,12,18-19H,10H2,1-3H3,(H,27,28). The molecule has 4 rings (SSSR count). The van der Waals surface area contributed by atoms with Crippen LogP contribution in [0.2, 0.25) is 0 Å². The van der Waals surface area contributed by atoms with Crippen molar-refractivity contribution in [3.63, 3.8) is 0 Å². The topological polar surface area (TPSA) is 96.1 Å². The van der Waals surface area contributed by atoms with Crippen LogP contribution in [0.3, 0.4) is 0 Å². The molecule has 0 saturated heterocycles. The average molecular weight is 420 g/mol. The highest BCUT2D eigenvalue weighted by molar-refractivity contribution is 7.17. The van der Waals surface area contributed by atoms with E-state index in [0.29, 0.717) is 17.7 Å². The Morgan fingerprint density at radius 1 is 1.23 bits per heavy atom. The van der Waals surface area contributed by atoms with E-state index in [1.165, 1.54) is 11.3 Å². The van der Waals surface area contributed by atoms with Gasteiger partial charge in [0, 0.05) is 11.1 Å². The Morgan fingerprint density at radius 2 is 2.00 bits per heavy atom. The maximum absolute atomic E-state index is 11.1. The van der Waals surface area contributed by atoms with Gasteiger partial charge in [0.05, 0.1) is 17.6 Å². The summed E-state index contributed by atoms with van der Waals surface area (Å²) < 4.78 is 5.68. The van der Waals surface area contributed by atoms with Crippen LogP contribution in [0.5, 0.6) is 5.75 Å². The fourth-order valence-electron chi connectivity index (χ4n) is 3.55. The van der Waals surface area contributed by atoms with Crippen molar-refractivity contribution in [1.82, 2.24) is 10.2 Å². The second-order valence-electron chi connectivity index (χ2n) is 7.76. The predicted molar refractivity (Wildman–Crippen MR) is 114 cm³/mol. The second-order valence-corrected chi connectivity index (χ2v) is 8.74. The Bertz CT molecular complexity index is 1160. The molecule has 1 heterocycles. The molecule has 2 aromatic carbocycles. The summed E-state index contributed by atoms with van der Waals surface area (Å²) in [5.41, 5.74) is 4.38. The van der Waals surface area contributed by atoms with Crippen molar-refractivity contribution >= 4 is 17.3 Å². The molecule has 152 valence electrons. The van der Waals surface area contributed by atoms with Crippen molar-refractivity contribution in [2.24, 2.45) is 5.92 Å². The number of aliphatic carboxylic acids is 1. The fraction of sp³-hybridized carbons (Fsp3) is 0.304. The first-order valence-electron chi connectivity index (χ1n) is 9.75. The van der Waals surface area contributed by atoms with E-state index in [0.717, 1.165) is 32.3 Å². The van der Waals surface area contributed by atoms with Crippen LogP contribution in [0.1, 0.15) is 42.9 Å².